The Kier molecular flexibility index (Phi) is 3.93. The second kappa shape index (κ2) is 5.82. The standard InChI is InChI=1S/C15H11FO3/c16-13(11-7-3-1-4-8-11)14(15(17)18)19-12-9-5-2-6-10-12/h1-10H,(H,17,18). The summed E-state index contributed by atoms with van der Waals surface area (Å²) in [5, 5.41) is 9.04. The van der Waals surface area contributed by atoms with Gasteiger partial charge in [-0.25, -0.2) is 9.18 Å². The molecule has 0 aromatic heterocycles. The number of para-hydroxylation sites is 1. The molecule has 0 heterocycles. The zero-order valence-corrected chi connectivity index (χ0v) is 9.92. The number of halogens is 1. The summed E-state index contributed by atoms with van der Waals surface area (Å²) in [5.74, 6) is -2.81. The summed E-state index contributed by atoms with van der Waals surface area (Å²) in [7, 11) is 0. The van der Waals surface area contributed by atoms with Gasteiger partial charge in [0.15, 0.2) is 5.83 Å². The van der Waals surface area contributed by atoms with Gasteiger partial charge in [0, 0.05) is 5.56 Å². The van der Waals surface area contributed by atoms with E-state index in [1.165, 1.54) is 12.1 Å². The smallest absolute Gasteiger partial charge is 0.374 e. The van der Waals surface area contributed by atoms with Crippen LogP contribution in [0.4, 0.5) is 4.39 Å². The first-order valence-corrected chi connectivity index (χ1v) is 5.60. The summed E-state index contributed by atoms with van der Waals surface area (Å²) in [5.41, 5.74) is 0.163. The predicted molar refractivity (Wildman–Crippen MR) is 69.2 cm³/mol. The third-order valence-corrected chi connectivity index (χ3v) is 2.38. The molecule has 0 saturated heterocycles. The molecule has 4 heteroatoms. The van der Waals surface area contributed by atoms with Crippen molar-refractivity contribution in [3.8, 4) is 5.75 Å². The van der Waals surface area contributed by atoms with Crippen molar-refractivity contribution in [1.29, 1.82) is 0 Å². The second-order valence-electron chi connectivity index (χ2n) is 3.73. The summed E-state index contributed by atoms with van der Waals surface area (Å²) in [4.78, 5) is 11.1. The molecule has 2 aromatic rings. The van der Waals surface area contributed by atoms with Crippen LogP contribution < -0.4 is 4.74 Å². The summed E-state index contributed by atoms with van der Waals surface area (Å²) in [6, 6.07) is 16.1. The fourth-order valence-corrected chi connectivity index (χ4v) is 1.50. The maximum absolute atomic E-state index is 14.1. The molecule has 19 heavy (non-hydrogen) atoms. The van der Waals surface area contributed by atoms with Gasteiger partial charge in [-0.1, -0.05) is 48.5 Å². The SMILES string of the molecule is O=C(O)C(Oc1ccccc1)=C(F)c1ccccc1. The van der Waals surface area contributed by atoms with E-state index in [0.29, 0.717) is 0 Å². The Balaban J connectivity index is 2.38. The van der Waals surface area contributed by atoms with Crippen LogP contribution in [-0.2, 0) is 4.79 Å². The second-order valence-corrected chi connectivity index (χ2v) is 3.73. The highest BCUT2D eigenvalue weighted by atomic mass is 19.1. The van der Waals surface area contributed by atoms with Crippen LogP contribution in [0, 0.1) is 0 Å². The molecule has 3 nitrogen and oxygen atoms in total. The van der Waals surface area contributed by atoms with Crippen molar-refractivity contribution >= 4 is 11.8 Å². The van der Waals surface area contributed by atoms with Crippen LogP contribution in [0.1, 0.15) is 5.56 Å². The molecule has 0 fully saturated rings. The van der Waals surface area contributed by atoms with E-state index in [9.17, 15) is 9.18 Å². The topological polar surface area (TPSA) is 46.5 Å². The third kappa shape index (κ3) is 3.19. The molecule has 0 aliphatic carbocycles. The molecule has 0 saturated carbocycles. The zero-order chi connectivity index (χ0) is 13.7. The molecule has 2 aromatic carbocycles. The van der Waals surface area contributed by atoms with Crippen molar-refractivity contribution < 1.29 is 19.0 Å². The fraction of sp³-hybridized carbons (Fsp3) is 0. The van der Waals surface area contributed by atoms with Crippen LogP contribution in [0.3, 0.4) is 0 Å². The molecule has 0 aliphatic rings. The quantitative estimate of drug-likeness (QED) is 0.674. The number of hydrogen-bond donors (Lipinski definition) is 1. The van der Waals surface area contributed by atoms with E-state index >= 15 is 0 Å². The molecule has 0 unspecified atom stereocenters. The average molecular weight is 258 g/mol. The minimum atomic E-state index is -1.45. The van der Waals surface area contributed by atoms with E-state index < -0.39 is 17.6 Å². The number of carboxylic acid groups (broad SMARTS) is 1. The molecule has 0 bridgehead atoms. The van der Waals surface area contributed by atoms with Gasteiger partial charge < -0.3 is 9.84 Å². The molecular weight excluding hydrogens is 247 g/mol. The van der Waals surface area contributed by atoms with E-state index in [-0.39, 0.29) is 11.3 Å². The van der Waals surface area contributed by atoms with Gasteiger partial charge in [-0.05, 0) is 12.1 Å². The van der Waals surface area contributed by atoms with Gasteiger partial charge >= 0.3 is 5.97 Å². The van der Waals surface area contributed by atoms with E-state index in [4.69, 9.17) is 9.84 Å². The number of hydrogen-bond acceptors (Lipinski definition) is 2. The van der Waals surface area contributed by atoms with Crippen LogP contribution in [0.2, 0.25) is 0 Å². The van der Waals surface area contributed by atoms with Crippen molar-refractivity contribution in [2.75, 3.05) is 0 Å². The minimum Gasteiger partial charge on any atom is -0.475 e. The molecule has 96 valence electrons. The van der Waals surface area contributed by atoms with Crippen LogP contribution in [-0.4, -0.2) is 11.1 Å². The Morgan fingerprint density at radius 3 is 2.00 bits per heavy atom. The van der Waals surface area contributed by atoms with Gasteiger partial charge in [0.05, 0.1) is 0 Å². The van der Waals surface area contributed by atoms with Gasteiger partial charge in [-0.3, -0.25) is 0 Å². The monoisotopic (exact) mass is 258 g/mol. The van der Waals surface area contributed by atoms with Gasteiger partial charge in [0.25, 0.3) is 0 Å². The molecule has 0 spiro atoms. The lowest BCUT2D eigenvalue weighted by molar-refractivity contribution is -0.135. The number of ether oxygens (including phenoxy) is 1. The van der Waals surface area contributed by atoms with E-state index in [2.05, 4.69) is 0 Å². The largest absolute Gasteiger partial charge is 0.475 e. The number of aliphatic carboxylic acids is 1. The first-order chi connectivity index (χ1) is 9.18. The average Bonchev–Trinajstić information content (AvgIpc) is 2.46. The minimum absolute atomic E-state index is 0.163. The summed E-state index contributed by atoms with van der Waals surface area (Å²) >= 11 is 0. The maximum Gasteiger partial charge on any atom is 0.374 e. The number of carboxylic acids is 1. The highest BCUT2D eigenvalue weighted by Crippen LogP contribution is 2.23. The zero-order valence-electron chi connectivity index (χ0n) is 9.92. The first kappa shape index (κ1) is 12.8. The van der Waals surface area contributed by atoms with E-state index in [1.54, 1.807) is 48.5 Å². The lowest BCUT2D eigenvalue weighted by atomic mass is 10.2. The van der Waals surface area contributed by atoms with Crippen LogP contribution >= 0.6 is 0 Å². The highest BCUT2D eigenvalue weighted by molar-refractivity contribution is 5.92. The van der Waals surface area contributed by atoms with Gasteiger partial charge in [-0.2, -0.15) is 0 Å². The molecule has 1 N–H and O–H groups in total. The van der Waals surface area contributed by atoms with Gasteiger partial charge in [-0.15, -0.1) is 0 Å². The van der Waals surface area contributed by atoms with Crippen LogP contribution in [0.15, 0.2) is 66.4 Å². The van der Waals surface area contributed by atoms with Crippen molar-refractivity contribution in [3.05, 3.63) is 72.0 Å². The molecule has 0 amide bonds. The Hall–Kier alpha value is -2.62. The lowest BCUT2D eigenvalue weighted by Crippen LogP contribution is -2.09. The Morgan fingerprint density at radius 2 is 1.47 bits per heavy atom. The van der Waals surface area contributed by atoms with Crippen molar-refractivity contribution in [2.45, 2.75) is 0 Å². The first-order valence-electron chi connectivity index (χ1n) is 5.60. The summed E-state index contributed by atoms with van der Waals surface area (Å²) in [6.07, 6.45) is 0. The van der Waals surface area contributed by atoms with Crippen molar-refractivity contribution in [2.24, 2.45) is 0 Å². The van der Waals surface area contributed by atoms with E-state index in [1.807, 2.05) is 0 Å². The van der Waals surface area contributed by atoms with Gasteiger partial charge in [0.1, 0.15) is 5.75 Å². The van der Waals surface area contributed by atoms with Gasteiger partial charge in [0.2, 0.25) is 5.76 Å². The molecule has 2 rings (SSSR count). The normalized spacial score (nSPS) is 11.6. The summed E-state index contributed by atoms with van der Waals surface area (Å²) < 4.78 is 19.2. The maximum atomic E-state index is 14.1. The molecule has 0 atom stereocenters. The van der Waals surface area contributed by atoms with E-state index in [0.717, 1.165) is 0 Å². The summed E-state index contributed by atoms with van der Waals surface area (Å²) in [6.45, 7) is 0. The Morgan fingerprint density at radius 1 is 0.947 bits per heavy atom. The Labute approximate surface area is 109 Å². The number of carbonyl (C=O) groups is 1. The lowest BCUT2D eigenvalue weighted by Gasteiger charge is -2.07. The highest BCUT2D eigenvalue weighted by Gasteiger charge is 2.19. The van der Waals surface area contributed by atoms with Crippen LogP contribution in [0.5, 0.6) is 5.75 Å². The Bertz CT molecular complexity index is 591. The number of benzene rings is 2. The third-order valence-electron chi connectivity index (χ3n) is 2.38. The predicted octanol–water partition coefficient (Wildman–Crippen LogP) is 3.49. The molecule has 0 radical (unpaired) electrons. The molecular formula is C15H11FO3. The van der Waals surface area contributed by atoms with Crippen molar-refractivity contribution in [1.82, 2.24) is 0 Å². The number of rotatable bonds is 4. The molecule has 0 aliphatic heterocycles. The fourth-order valence-electron chi connectivity index (χ4n) is 1.50. The van der Waals surface area contributed by atoms with Crippen LogP contribution in [0.25, 0.3) is 5.83 Å². The van der Waals surface area contributed by atoms with Crippen molar-refractivity contribution in [3.63, 3.8) is 0 Å².